The van der Waals surface area contributed by atoms with E-state index in [0.29, 0.717) is 12.5 Å². The molecule has 0 heterocycles. The third-order valence-corrected chi connectivity index (χ3v) is 3.55. The van der Waals surface area contributed by atoms with E-state index in [1.807, 2.05) is 0 Å². The molecule has 76 valence electrons. The van der Waals surface area contributed by atoms with Crippen molar-refractivity contribution in [2.45, 2.75) is 44.6 Å². The van der Waals surface area contributed by atoms with Crippen LogP contribution in [-0.4, -0.2) is 24.3 Å². The first-order valence-electron chi connectivity index (χ1n) is 5.74. The van der Waals surface area contributed by atoms with Gasteiger partial charge < -0.3 is 10.4 Å². The number of hydrogen-bond donors (Lipinski definition) is 2. The molecule has 0 amide bonds. The van der Waals surface area contributed by atoms with E-state index in [-0.39, 0.29) is 0 Å². The van der Waals surface area contributed by atoms with Gasteiger partial charge in [-0.1, -0.05) is 12.8 Å². The highest BCUT2D eigenvalue weighted by Crippen LogP contribution is 2.36. The van der Waals surface area contributed by atoms with Crippen LogP contribution in [0, 0.1) is 11.8 Å². The van der Waals surface area contributed by atoms with Crippen LogP contribution in [0.4, 0.5) is 0 Å². The molecule has 2 fully saturated rings. The van der Waals surface area contributed by atoms with Gasteiger partial charge in [0.25, 0.3) is 0 Å². The van der Waals surface area contributed by atoms with Gasteiger partial charge in [0.1, 0.15) is 0 Å². The Morgan fingerprint density at radius 2 is 1.85 bits per heavy atom. The zero-order valence-electron chi connectivity index (χ0n) is 8.34. The molecule has 2 saturated carbocycles. The van der Waals surface area contributed by atoms with E-state index in [1.165, 1.54) is 38.5 Å². The van der Waals surface area contributed by atoms with Crippen molar-refractivity contribution >= 4 is 0 Å². The van der Waals surface area contributed by atoms with E-state index in [4.69, 9.17) is 0 Å². The van der Waals surface area contributed by atoms with Crippen LogP contribution in [0.1, 0.15) is 38.5 Å². The lowest BCUT2D eigenvalue weighted by Crippen LogP contribution is -2.33. The highest BCUT2D eigenvalue weighted by atomic mass is 16.3. The van der Waals surface area contributed by atoms with E-state index >= 15 is 0 Å². The highest BCUT2D eigenvalue weighted by molar-refractivity contribution is 4.84. The lowest BCUT2D eigenvalue weighted by molar-refractivity contribution is 0.202. The van der Waals surface area contributed by atoms with Gasteiger partial charge in [-0.05, 0) is 37.5 Å². The van der Waals surface area contributed by atoms with Crippen LogP contribution in [0.5, 0.6) is 0 Å². The Labute approximate surface area is 80.7 Å². The SMILES string of the molecule is OCC(CNC1CCCC1)C1CC1. The quantitative estimate of drug-likeness (QED) is 0.677. The van der Waals surface area contributed by atoms with Gasteiger partial charge in [0, 0.05) is 19.2 Å². The zero-order chi connectivity index (χ0) is 9.10. The minimum Gasteiger partial charge on any atom is -0.396 e. The summed E-state index contributed by atoms with van der Waals surface area (Å²) in [5.41, 5.74) is 0. The van der Waals surface area contributed by atoms with Gasteiger partial charge in [-0.25, -0.2) is 0 Å². The summed E-state index contributed by atoms with van der Waals surface area (Å²) in [4.78, 5) is 0. The summed E-state index contributed by atoms with van der Waals surface area (Å²) in [6.45, 7) is 1.43. The molecule has 0 aromatic carbocycles. The van der Waals surface area contributed by atoms with Gasteiger partial charge in [0.05, 0.1) is 0 Å². The zero-order valence-corrected chi connectivity index (χ0v) is 8.34. The van der Waals surface area contributed by atoms with Crippen molar-refractivity contribution in [3.8, 4) is 0 Å². The van der Waals surface area contributed by atoms with Gasteiger partial charge in [-0.3, -0.25) is 0 Å². The van der Waals surface area contributed by atoms with Crippen LogP contribution in [0.25, 0.3) is 0 Å². The van der Waals surface area contributed by atoms with Crippen molar-refractivity contribution in [2.75, 3.05) is 13.2 Å². The van der Waals surface area contributed by atoms with Crippen LogP contribution in [0.15, 0.2) is 0 Å². The molecule has 1 unspecified atom stereocenters. The topological polar surface area (TPSA) is 32.3 Å². The molecule has 2 nitrogen and oxygen atoms in total. The maximum absolute atomic E-state index is 9.17. The van der Waals surface area contributed by atoms with E-state index < -0.39 is 0 Å². The van der Waals surface area contributed by atoms with E-state index in [9.17, 15) is 5.11 Å². The lowest BCUT2D eigenvalue weighted by atomic mass is 10.0. The number of aliphatic hydroxyl groups is 1. The van der Waals surface area contributed by atoms with Crippen molar-refractivity contribution in [1.82, 2.24) is 5.32 Å². The van der Waals surface area contributed by atoms with Crippen LogP contribution in [-0.2, 0) is 0 Å². The fraction of sp³-hybridized carbons (Fsp3) is 1.00. The normalized spacial score (nSPS) is 26.5. The monoisotopic (exact) mass is 183 g/mol. The van der Waals surface area contributed by atoms with Crippen LogP contribution in [0.3, 0.4) is 0 Å². The molecule has 0 aromatic heterocycles. The molecule has 0 aliphatic heterocycles. The average Bonchev–Trinajstić information content (AvgIpc) is 2.84. The maximum atomic E-state index is 9.17. The molecule has 1 atom stereocenters. The van der Waals surface area contributed by atoms with Crippen LogP contribution >= 0.6 is 0 Å². The van der Waals surface area contributed by atoms with Gasteiger partial charge in [0.2, 0.25) is 0 Å². The molecule has 2 aliphatic carbocycles. The van der Waals surface area contributed by atoms with Gasteiger partial charge in [0.15, 0.2) is 0 Å². The summed E-state index contributed by atoms with van der Waals surface area (Å²) in [6, 6.07) is 0.757. The van der Waals surface area contributed by atoms with Crippen molar-refractivity contribution in [2.24, 2.45) is 11.8 Å². The predicted molar refractivity (Wildman–Crippen MR) is 53.6 cm³/mol. The summed E-state index contributed by atoms with van der Waals surface area (Å²) in [5, 5.41) is 12.8. The summed E-state index contributed by atoms with van der Waals surface area (Å²) in [7, 11) is 0. The molecule has 0 aromatic rings. The second kappa shape index (κ2) is 4.43. The van der Waals surface area contributed by atoms with Crippen molar-refractivity contribution in [3.63, 3.8) is 0 Å². The number of aliphatic hydroxyl groups excluding tert-OH is 1. The van der Waals surface area contributed by atoms with E-state index in [2.05, 4.69) is 5.32 Å². The summed E-state index contributed by atoms with van der Waals surface area (Å²) in [6.07, 6.45) is 8.18. The Bertz CT molecular complexity index is 150. The minimum atomic E-state index is 0.379. The summed E-state index contributed by atoms with van der Waals surface area (Å²) >= 11 is 0. The van der Waals surface area contributed by atoms with Crippen LogP contribution in [0.2, 0.25) is 0 Å². The van der Waals surface area contributed by atoms with Crippen molar-refractivity contribution < 1.29 is 5.11 Å². The molecule has 2 aliphatic rings. The second-order valence-corrected chi connectivity index (χ2v) is 4.67. The minimum absolute atomic E-state index is 0.379. The first-order valence-corrected chi connectivity index (χ1v) is 5.74. The van der Waals surface area contributed by atoms with Gasteiger partial charge in [-0.15, -0.1) is 0 Å². The predicted octanol–water partition coefficient (Wildman–Crippen LogP) is 1.54. The molecule has 0 radical (unpaired) electrons. The third kappa shape index (κ3) is 2.68. The first-order chi connectivity index (χ1) is 6.40. The molecule has 0 bridgehead atoms. The fourth-order valence-corrected chi connectivity index (χ4v) is 2.40. The molecule has 2 N–H and O–H groups in total. The third-order valence-electron chi connectivity index (χ3n) is 3.55. The lowest BCUT2D eigenvalue weighted by Gasteiger charge is -2.17. The molecular weight excluding hydrogens is 162 g/mol. The molecule has 0 spiro atoms. The smallest absolute Gasteiger partial charge is 0.0474 e. The largest absolute Gasteiger partial charge is 0.396 e. The molecule has 0 saturated heterocycles. The Morgan fingerprint density at radius 3 is 2.38 bits per heavy atom. The van der Waals surface area contributed by atoms with Crippen molar-refractivity contribution in [3.05, 3.63) is 0 Å². The Balaban J connectivity index is 1.64. The Morgan fingerprint density at radius 1 is 1.15 bits per heavy atom. The molecule has 13 heavy (non-hydrogen) atoms. The number of rotatable bonds is 5. The number of nitrogens with one attached hydrogen (secondary N) is 1. The standard InChI is InChI=1S/C11H21NO/c13-8-10(9-5-6-9)7-12-11-3-1-2-4-11/h9-13H,1-8H2. The Hall–Kier alpha value is -0.0800. The Kier molecular flexibility index (Phi) is 3.23. The molecule has 2 heteroatoms. The maximum Gasteiger partial charge on any atom is 0.0474 e. The molecule has 2 rings (SSSR count). The van der Waals surface area contributed by atoms with E-state index in [1.54, 1.807) is 0 Å². The van der Waals surface area contributed by atoms with Gasteiger partial charge >= 0.3 is 0 Å². The van der Waals surface area contributed by atoms with Crippen LogP contribution < -0.4 is 5.32 Å². The summed E-state index contributed by atoms with van der Waals surface area (Å²) < 4.78 is 0. The summed E-state index contributed by atoms with van der Waals surface area (Å²) in [5.74, 6) is 1.37. The van der Waals surface area contributed by atoms with Gasteiger partial charge in [-0.2, -0.15) is 0 Å². The number of hydrogen-bond acceptors (Lipinski definition) is 2. The average molecular weight is 183 g/mol. The molecular formula is C11H21NO. The van der Waals surface area contributed by atoms with Crippen molar-refractivity contribution in [1.29, 1.82) is 0 Å². The second-order valence-electron chi connectivity index (χ2n) is 4.67. The fourth-order valence-electron chi connectivity index (χ4n) is 2.40. The highest BCUT2D eigenvalue weighted by Gasteiger charge is 2.30. The van der Waals surface area contributed by atoms with E-state index in [0.717, 1.165) is 18.5 Å². The first kappa shape index (κ1) is 9.47.